The molecule has 4 heteroatoms. The van der Waals surface area contributed by atoms with E-state index in [1.165, 1.54) is 12.1 Å². The van der Waals surface area contributed by atoms with E-state index < -0.39 is 5.97 Å². The summed E-state index contributed by atoms with van der Waals surface area (Å²) in [6.45, 7) is 6.77. The van der Waals surface area contributed by atoms with E-state index >= 15 is 0 Å². The van der Waals surface area contributed by atoms with Crippen molar-refractivity contribution < 1.29 is 9.90 Å². The van der Waals surface area contributed by atoms with Crippen LogP contribution in [0.25, 0.3) is 6.08 Å². The van der Waals surface area contributed by atoms with Gasteiger partial charge in [0.1, 0.15) is 0 Å². The summed E-state index contributed by atoms with van der Waals surface area (Å²) in [5.41, 5.74) is 2.09. The molecule has 0 bridgehead atoms. The summed E-state index contributed by atoms with van der Waals surface area (Å²) in [6, 6.07) is 6.10. The lowest BCUT2D eigenvalue weighted by Crippen LogP contribution is -2.21. The van der Waals surface area contributed by atoms with Crippen LogP contribution in [0.3, 0.4) is 0 Å². The summed E-state index contributed by atoms with van der Waals surface area (Å²) in [6.07, 6.45) is 4.01. The number of aliphatic carboxylic acids is 1. The molecule has 1 aliphatic heterocycles. The van der Waals surface area contributed by atoms with Crippen LogP contribution in [-0.4, -0.2) is 24.2 Å². The molecule has 1 aromatic rings. The average molecular weight is 338 g/mol. The molecule has 0 radical (unpaired) electrons. The zero-order valence-electron chi connectivity index (χ0n) is 11.8. The number of hydrogen-bond acceptors (Lipinski definition) is 2. The Kier molecular flexibility index (Phi) is 4.86. The first-order chi connectivity index (χ1) is 9.47. The fraction of sp³-hybridized carbons (Fsp3) is 0.438. The number of carboxylic acids is 1. The van der Waals surface area contributed by atoms with E-state index in [9.17, 15) is 4.79 Å². The molecule has 1 fully saturated rings. The van der Waals surface area contributed by atoms with Gasteiger partial charge < -0.3 is 10.0 Å². The van der Waals surface area contributed by atoms with Crippen molar-refractivity contribution in [1.82, 2.24) is 0 Å². The number of rotatable bonds is 4. The minimum absolute atomic E-state index is 0.723. The Balaban J connectivity index is 2.12. The maximum atomic E-state index is 10.5. The zero-order valence-corrected chi connectivity index (χ0v) is 13.4. The molecule has 1 aliphatic rings. The molecular weight excluding hydrogens is 318 g/mol. The Morgan fingerprint density at radius 3 is 2.80 bits per heavy atom. The first-order valence-electron chi connectivity index (χ1n) is 6.93. The minimum atomic E-state index is -0.930. The Hall–Kier alpha value is -1.29. The van der Waals surface area contributed by atoms with E-state index in [-0.39, 0.29) is 0 Å². The van der Waals surface area contributed by atoms with E-state index in [0.717, 1.165) is 41.0 Å². The molecule has 1 atom stereocenters. The molecule has 0 amide bonds. The van der Waals surface area contributed by atoms with E-state index in [0.29, 0.717) is 0 Å². The van der Waals surface area contributed by atoms with Crippen LogP contribution < -0.4 is 4.90 Å². The second-order valence-electron chi connectivity index (χ2n) is 5.62. The third-order valence-corrected chi connectivity index (χ3v) is 4.61. The highest BCUT2D eigenvalue weighted by atomic mass is 79.9. The number of anilines is 1. The highest BCUT2D eigenvalue weighted by Crippen LogP contribution is 2.31. The number of hydrogen-bond donors (Lipinski definition) is 1. The molecular formula is C16H20BrNO2. The third kappa shape index (κ3) is 3.63. The predicted octanol–water partition coefficient (Wildman–Crippen LogP) is 4.03. The first kappa shape index (κ1) is 15.1. The van der Waals surface area contributed by atoms with Crippen LogP contribution >= 0.6 is 15.9 Å². The maximum absolute atomic E-state index is 10.5. The zero-order chi connectivity index (χ0) is 14.7. The largest absolute Gasteiger partial charge is 0.478 e. The molecule has 0 aromatic heterocycles. The Morgan fingerprint density at radius 1 is 1.50 bits per heavy atom. The van der Waals surface area contributed by atoms with Crippen LogP contribution in [-0.2, 0) is 4.79 Å². The molecule has 1 saturated heterocycles. The van der Waals surface area contributed by atoms with E-state index in [2.05, 4.69) is 46.8 Å². The number of halogens is 1. The molecule has 1 unspecified atom stereocenters. The molecule has 1 heterocycles. The fourth-order valence-corrected chi connectivity index (χ4v) is 3.07. The van der Waals surface area contributed by atoms with Gasteiger partial charge in [-0.05, 0) is 42.0 Å². The molecule has 1 N–H and O–H groups in total. The molecule has 3 nitrogen and oxygen atoms in total. The van der Waals surface area contributed by atoms with Crippen molar-refractivity contribution in [2.45, 2.75) is 20.3 Å². The lowest BCUT2D eigenvalue weighted by Gasteiger charge is -2.20. The number of carbonyl (C=O) groups is 1. The van der Waals surface area contributed by atoms with Crippen LogP contribution in [0.15, 0.2) is 28.7 Å². The van der Waals surface area contributed by atoms with Crippen molar-refractivity contribution in [3.8, 4) is 0 Å². The van der Waals surface area contributed by atoms with Crippen molar-refractivity contribution in [3.63, 3.8) is 0 Å². The standard InChI is InChI=1S/C16H20BrNO2/c1-11(2)13-7-8-18(10-13)14-5-3-12(15(17)9-14)4-6-16(19)20/h3-6,9,11,13H,7-8,10H2,1-2H3,(H,19,20)/b6-4+. The quantitative estimate of drug-likeness (QED) is 0.843. The van der Waals surface area contributed by atoms with Gasteiger partial charge in [0, 0.05) is 29.3 Å². The van der Waals surface area contributed by atoms with Crippen LogP contribution in [0.2, 0.25) is 0 Å². The summed E-state index contributed by atoms with van der Waals surface area (Å²) in [5.74, 6) is 0.557. The van der Waals surface area contributed by atoms with Gasteiger partial charge >= 0.3 is 5.97 Å². The lowest BCUT2D eigenvalue weighted by molar-refractivity contribution is -0.131. The van der Waals surface area contributed by atoms with Crippen molar-refractivity contribution in [2.24, 2.45) is 11.8 Å². The van der Waals surface area contributed by atoms with Gasteiger partial charge in [-0.1, -0.05) is 35.8 Å². The molecule has 1 aromatic carbocycles. The second kappa shape index (κ2) is 6.44. The Bertz CT molecular complexity index is 525. The number of benzene rings is 1. The summed E-state index contributed by atoms with van der Waals surface area (Å²) in [5, 5.41) is 8.66. The Labute approximate surface area is 128 Å². The fourth-order valence-electron chi connectivity index (χ4n) is 2.57. The van der Waals surface area contributed by atoms with Gasteiger partial charge in [-0.15, -0.1) is 0 Å². The van der Waals surface area contributed by atoms with Crippen LogP contribution in [0.1, 0.15) is 25.8 Å². The van der Waals surface area contributed by atoms with Gasteiger partial charge in [-0.3, -0.25) is 0 Å². The molecule has 0 aliphatic carbocycles. The van der Waals surface area contributed by atoms with Crippen molar-refractivity contribution in [1.29, 1.82) is 0 Å². The van der Waals surface area contributed by atoms with E-state index in [4.69, 9.17) is 5.11 Å². The summed E-state index contributed by atoms with van der Waals surface area (Å²) < 4.78 is 0.931. The lowest BCUT2D eigenvalue weighted by atomic mass is 9.95. The van der Waals surface area contributed by atoms with Crippen LogP contribution in [0, 0.1) is 11.8 Å². The van der Waals surface area contributed by atoms with Crippen molar-refractivity contribution >= 4 is 33.7 Å². The highest BCUT2D eigenvalue weighted by Gasteiger charge is 2.25. The Morgan fingerprint density at radius 2 is 2.25 bits per heavy atom. The van der Waals surface area contributed by atoms with Gasteiger partial charge in [0.05, 0.1) is 0 Å². The van der Waals surface area contributed by atoms with Gasteiger partial charge in [0.15, 0.2) is 0 Å². The molecule has 0 saturated carbocycles. The van der Waals surface area contributed by atoms with Gasteiger partial charge in [0.2, 0.25) is 0 Å². The van der Waals surface area contributed by atoms with Gasteiger partial charge in [-0.25, -0.2) is 4.79 Å². The van der Waals surface area contributed by atoms with Crippen LogP contribution in [0.4, 0.5) is 5.69 Å². The number of carboxylic acid groups (broad SMARTS) is 1. The average Bonchev–Trinajstić information content (AvgIpc) is 2.86. The monoisotopic (exact) mass is 337 g/mol. The predicted molar refractivity (Wildman–Crippen MR) is 86.0 cm³/mol. The first-order valence-corrected chi connectivity index (χ1v) is 7.72. The van der Waals surface area contributed by atoms with E-state index in [1.54, 1.807) is 6.08 Å². The van der Waals surface area contributed by atoms with Gasteiger partial charge in [-0.2, -0.15) is 0 Å². The van der Waals surface area contributed by atoms with E-state index in [1.807, 2.05) is 6.07 Å². The SMILES string of the molecule is CC(C)C1CCN(c2ccc(/C=C/C(=O)O)c(Br)c2)C1. The third-order valence-electron chi connectivity index (χ3n) is 3.92. The van der Waals surface area contributed by atoms with Gasteiger partial charge in [0.25, 0.3) is 0 Å². The molecule has 2 rings (SSSR count). The summed E-state index contributed by atoms with van der Waals surface area (Å²) in [4.78, 5) is 13.0. The molecule has 20 heavy (non-hydrogen) atoms. The number of nitrogens with zero attached hydrogens (tertiary/aromatic N) is 1. The molecule has 108 valence electrons. The topological polar surface area (TPSA) is 40.5 Å². The van der Waals surface area contributed by atoms with Crippen LogP contribution in [0.5, 0.6) is 0 Å². The van der Waals surface area contributed by atoms with Crippen molar-refractivity contribution in [2.75, 3.05) is 18.0 Å². The normalized spacial score (nSPS) is 19.2. The van der Waals surface area contributed by atoms with Crippen molar-refractivity contribution in [3.05, 3.63) is 34.3 Å². The smallest absolute Gasteiger partial charge is 0.328 e. The second-order valence-corrected chi connectivity index (χ2v) is 6.47. The highest BCUT2D eigenvalue weighted by molar-refractivity contribution is 9.10. The summed E-state index contributed by atoms with van der Waals surface area (Å²) in [7, 11) is 0. The summed E-state index contributed by atoms with van der Waals surface area (Å²) >= 11 is 3.52. The maximum Gasteiger partial charge on any atom is 0.328 e. The molecule has 0 spiro atoms. The minimum Gasteiger partial charge on any atom is -0.478 e.